The zero-order chi connectivity index (χ0) is 29.1. The van der Waals surface area contributed by atoms with E-state index in [9.17, 15) is 19.2 Å². The van der Waals surface area contributed by atoms with Crippen molar-refractivity contribution in [2.75, 3.05) is 23.7 Å². The second kappa shape index (κ2) is 11.4. The number of likely N-dealkylation sites (tertiary alicyclic amines) is 1. The van der Waals surface area contributed by atoms with Crippen molar-refractivity contribution in [3.05, 3.63) is 82.6 Å². The van der Waals surface area contributed by atoms with Gasteiger partial charge < -0.3 is 20.1 Å². The highest BCUT2D eigenvalue weighted by molar-refractivity contribution is 6.31. The Morgan fingerprint density at radius 1 is 1.17 bits per heavy atom. The van der Waals surface area contributed by atoms with E-state index < -0.39 is 41.5 Å². The minimum absolute atomic E-state index is 0.0636. The first-order valence-corrected chi connectivity index (χ1v) is 13.0. The van der Waals surface area contributed by atoms with E-state index in [4.69, 9.17) is 21.4 Å². The molecule has 0 aliphatic carbocycles. The zero-order valence-electron chi connectivity index (χ0n) is 21.4. The monoisotopic (exact) mass is 582 g/mol. The van der Waals surface area contributed by atoms with Gasteiger partial charge in [-0.2, -0.15) is 0 Å². The number of amides is 4. The molecule has 5 rings (SSSR count). The summed E-state index contributed by atoms with van der Waals surface area (Å²) in [6.07, 6.45) is 0.920. The number of carboxylic acid groups (broad SMARTS) is 1. The molecule has 2 aliphatic heterocycles. The molecular weight excluding hydrogens is 559 g/mol. The van der Waals surface area contributed by atoms with Crippen LogP contribution >= 0.6 is 11.6 Å². The molecule has 1 aromatic heterocycles. The summed E-state index contributed by atoms with van der Waals surface area (Å²) < 4.78 is 20.9. The van der Waals surface area contributed by atoms with Gasteiger partial charge in [-0.05, 0) is 30.5 Å². The zero-order valence-corrected chi connectivity index (χ0v) is 22.2. The van der Waals surface area contributed by atoms with Gasteiger partial charge in [0.25, 0.3) is 5.91 Å². The predicted octanol–water partition coefficient (Wildman–Crippen LogP) is 3.78. The molecule has 0 unspecified atom stereocenters. The molecule has 2 atom stereocenters. The molecule has 12 nitrogen and oxygen atoms in total. The van der Waals surface area contributed by atoms with Gasteiger partial charge in [-0.25, -0.2) is 23.9 Å². The number of fused-ring (bicyclic) bond motifs is 2. The number of nitrogens with zero attached hydrogens (tertiary/aromatic N) is 3. The topological polar surface area (TPSA) is 163 Å². The van der Waals surface area contributed by atoms with E-state index >= 15 is 4.39 Å². The third-order valence-corrected chi connectivity index (χ3v) is 7.13. The Bertz CT molecular complexity index is 1510. The molecular formula is C27H24ClFN6O6. The summed E-state index contributed by atoms with van der Waals surface area (Å²) in [6, 6.07) is 10.7. The van der Waals surface area contributed by atoms with Gasteiger partial charge in [0.15, 0.2) is 11.4 Å². The minimum atomic E-state index is -1.47. The van der Waals surface area contributed by atoms with Crippen molar-refractivity contribution < 1.29 is 33.4 Å². The quantitative estimate of drug-likeness (QED) is 0.341. The Morgan fingerprint density at radius 3 is 2.61 bits per heavy atom. The number of aromatic nitrogens is 2. The maximum absolute atomic E-state index is 15.3. The first-order valence-electron chi connectivity index (χ1n) is 12.6. The lowest BCUT2D eigenvalue weighted by Crippen LogP contribution is -2.58. The summed E-state index contributed by atoms with van der Waals surface area (Å²) >= 11 is 6.06. The van der Waals surface area contributed by atoms with Crippen LogP contribution in [-0.4, -0.2) is 63.1 Å². The van der Waals surface area contributed by atoms with Crippen molar-refractivity contribution in [3.8, 4) is 0 Å². The number of ether oxygens (including phenoxy) is 1. The fraction of sp³-hybridized carbons (Fsp3) is 0.259. The number of hydrogen-bond donors (Lipinski definition) is 4. The van der Waals surface area contributed by atoms with Crippen molar-refractivity contribution in [1.29, 1.82) is 0 Å². The number of carbonyl (C=O) groups is 4. The molecule has 4 N–H and O–H groups in total. The summed E-state index contributed by atoms with van der Waals surface area (Å²) in [7, 11) is 0. The number of benzene rings is 2. The molecule has 3 aromatic rings. The average Bonchev–Trinajstić information content (AvgIpc) is 2.94. The molecule has 0 radical (unpaired) electrons. The highest BCUT2D eigenvalue weighted by Gasteiger charge is 2.49. The normalized spacial score (nSPS) is 18.5. The van der Waals surface area contributed by atoms with Crippen LogP contribution in [0.3, 0.4) is 0 Å². The van der Waals surface area contributed by atoms with Crippen molar-refractivity contribution >= 4 is 47.0 Å². The minimum Gasteiger partial charge on any atom is -0.465 e. The molecule has 2 aliphatic rings. The molecule has 212 valence electrons. The highest BCUT2D eigenvalue weighted by atomic mass is 35.5. The number of hydrogen-bond acceptors (Lipinski definition) is 7. The van der Waals surface area contributed by atoms with E-state index in [1.165, 1.54) is 17.0 Å². The van der Waals surface area contributed by atoms with Crippen molar-refractivity contribution in [2.45, 2.75) is 30.9 Å². The van der Waals surface area contributed by atoms with Gasteiger partial charge >= 0.3 is 12.2 Å². The number of nitrogens with one attached hydrogen (secondary N) is 3. The maximum Gasteiger partial charge on any atom is 0.412 e. The van der Waals surface area contributed by atoms with Gasteiger partial charge in [-0.15, -0.1) is 0 Å². The predicted molar refractivity (Wildman–Crippen MR) is 144 cm³/mol. The third kappa shape index (κ3) is 5.89. The van der Waals surface area contributed by atoms with Crippen LogP contribution in [0.1, 0.15) is 34.6 Å². The van der Waals surface area contributed by atoms with Crippen molar-refractivity contribution in [1.82, 2.24) is 20.2 Å². The van der Waals surface area contributed by atoms with E-state index in [-0.39, 0.29) is 53.7 Å². The smallest absolute Gasteiger partial charge is 0.412 e. The maximum atomic E-state index is 15.3. The SMILES string of the molecule is O=C(O)Nc1cnc(C(=O)N[C@@H](Cc2ccccc2)C(=O)N2CCC[C@@]3(C2)OC(=O)Nc2ccc(Cl)c(F)c23)nc1. The van der Waals surface area contributed by atoms with Gasteiger partial charge in [0.05, 0.1) is 40.9 Å². The number of halogens is 2. The van der Waals surface area contributed by atoms with Crippen LogP contribution in [0.5, 0.6) is 0 Å². The molecule has 0 saturated carbocycles. The van der Waals surface area contributed by atoms with E-state index in [0.717, 1.165) is 18.0 Å². The Morgan fingerprint density at radius 2 is 1.90 bits per heavy atom. The van der Waals surface area contributed by atoms with Crippen LogP contribution < -0.4 is 16.0 Å². The standard InChI is InChI=1S/C27H24ClFN6O6/c28-17-7-8-18-20(21(17)29)27(41-26(40)34-18)9-4-10-35(14-27)24(37)19(11-15-5-2-1-3-6-15)33-23(36)22-30-12-16(13-31-22)32-25(38)39/h1-3,5-8,12-13,19,32H,4,9-11,14H2,(H,33,36)(H,34,40)(H,38,39)/t19-,27-/m0/s1. The Hall–Kier alpha value is -4.78. The van der Waals surface area contributed by atoms with E-state index in [2.05, 4.69) is 25.9 Å². The van der Waals surface area contributed by atoms with Gasteiger partial charge in [0.2, 0.25) is 11.7 Å². The van der Waals surface area contributed by atoms with Crippen molar-refractivity contribution in [2.24, 2.45) is 0 Å². The molecule has 1 spiro atoms. The molecule has 2 aromatic carbocycles. The highest BCUT2D eigenvalue weighted by Crippen LogP contribution is 2.45. The second-order valence-corrected chi connectivity index (χ2v) is 10.0. The first-order chi connectivity index (χ1) is 19.6. The Labute approximate surface area is 237 Å². The third-order valence-electron chi connectivity index (χ3n) is 6.83. The molecule has 14 heteroatoms. The van der Waals surface area contributed by atoms with Gasteiger partial charge in [-0.1, -0.05) is 41.9 Å². The van der Waals surface area contributed by atoms with Crippen molar-refractivity contribution in [3.63, 3.8) is 0 Å². The van der Waals surface area contributed by atoms with Crippen LogP contribution in [0.4, 0.5) is 25.4 Å². The van der Waals surface area contributed by atoms with E-state index in [1.54, 1.807) is 24.3 Å². The van der Waals surface area contributed by atoms with E-state index in [0.29, 0.717) is 6.42 Å². The summed E-state index contributed by atoms with van der Waals surface area (Å²) in [5.41, 5.74) is -0.374. The molecule has 41 heavy (non-hydrogen) atoms. The lowest BCUT2D eigenvalue weighted by molar-refractivity contribution is -0.141. The second-order valence-electron chi connectivity index (χ2n) is 9.60. The van der Waals surface area contributed by atoms with Crippen LogP contribution in [0, 0.1) is 5.82 Å². The first kappa shape index (κ1) is 27.8. The fourth-order valence-corrected chi connectivity index (χ4v) is 5.25. The lowest BCUT2D eigenvalue weighted by atomic mass is 9.82. The molecule has 1 saturated heterocycles. The van der Waals surface area contributed by atoms with Crippen LogP contribution in [-0.2, 0) is 21.6 Å². The average molecular weight is 583 g/mol. The van der Waals surface area contributed by atoms with Gasteiger partial charge in [0.1, 0.15) is 6.04 Å². The van der Waals surface area contributed by atoms with Crippen LogP contribution in [0.25, 0.3) is 0 Å². The number of anilines is 2. The van der Waals surface area contributed by atoms with Crippen LogP contribution in [0.15, 0.2) is 54.9 Å². The number of piperidine rings is 1. The summed E-state index contributed by atoms with van der Waals surface area (Å²) in [4.78, 5) is 59.5. The molecule has 3 heterocycles. The van der Waals surface area contributed by atoms with Crippen LogP contribution in [0.2, 0.25) is 5.02 Å². The van der Waals surface area contributed by atoms with E-state index in [1.807, 2.05) is 6.07 Å². The summed E-state index contributed by atoms with van der Waals surface area (Å²) in [5.74, 6) is -2.27. The van der Waals surface area contributed by atoms with Gasteiger partial charge in [0, 0.05) is 13.0 Å². The fourth-order valence-electron chi connectivity index (χ4n) is 5.09. The number of carbonyl (C=O) groups excluding carboxylic acids is 3. The summed E-state index contributed by atoms with van der Waals surface area (Å²) in [6.45, 7) is 0.118. The van der Waals surface area contributed by atoms with Gasteiger partial charge in [-0.3, -0.25) is 20.2 Å². The molecule has 1 fully saturated rings. The molecule has 4 amide bonds. The number of rotatable bonds is 6. The lowest BCUT2D eigenvalue weighted by Gasteiger charge is -2.45. The summed E-state index contributed by atoms with van der Waals surface area (Å²) in [5, 5.41) is 15.9. The Kier molecular flexibility index (Phi) is 7.70. The Balaban J connectivity index is 1.42. The largest absolute Gasteiger partial charge is 0.465 e. The molecule has 0 bridgehead atoms.